The summed E-state index contributed by atoms with van der Waals surface area (Å²) < 4.78 is 0. The van der Waals surface area contributed by atoms with Gasteiger partial charge in [-0.2, -0.15) is 0 Å². The lowest BCUT2D eigenvalue weighted by Crippen LogP contribution is -2.37. The van der Waals surface area contributed by atoms with Crippen molar-refractivity contribution in [3.05, 3.63) is 21.9 Å². The van der Waals surface area contributed by atoms with Gasteiger partial charge in [0.25, 0.3) is 0 Å². The van der Waals surface area contributed by atoms with Crippen LogP contribution in [-0.2, 0) is 11.2 Å². The molecule has 100 valence electrons. The lowest BCUT2D eigenvalue weighted by Gasteiger charge is -2.11. The highest BCUT2D eigenvalue weighted by atomic mass is 32.1. The Labute approximate surface area is 113 Å². The maximum atomic E-state index is 11.7. The van der Waals surface area contributed by atoms with E-state index in [9.17, 15) is 4.79 Å². The monoisotopic (exact) mass is 266 g/mol. The Kier molecular flexibility index (Phi) is 5.20. The van der Waals surface area contributed by atoms with Gasteiger partial charge in [0.05, 0.1) is 0 Å². The summed E-state index contributed by atoms with van der Waals surface area (Å²) in [5.74, 6) is 0.192. The third-order valence-corrected chi connectivity index (χ3v) is 4.39. The van der Waals surface area contributed by atoms with Crippen LogP contribution in [0, 0.1) is 6.92 Å². The highest BCUT2D eigenvalue weighted by Crippen LogP contribution is 2.17. The largest absolute Gasteiger partial charge is 0.355 e. The highest BCUT2D eigenvalue weighted by Gasteiger charge is 2.14. The van der Waals surface area contributed by atoms with Crippen LogP contribution in [-0.4, -0.2) is 25.0 Å². The first-order chi connectivity index (χ1) is 8.74. The number of amides is 1. The Morgan fingerprint density at radius 1 is 1.56 bits per heavy atom. The van der Waals surface area contributed by atoms with Crippen molar-refractivity contribution in [2.24, 2.45) is 0 Å². The third kappa shape index (κ3) is 4.42. The molecule has 2 rings (SSSR count). The van der Waals surface area contributed by atoms with Gasteiger partial charge >= 0.3 is 0 Å². The van der Waals surface area contributed by atoms with Crippen LogP contribution in [0.15, 0.2) is 12.1 Å². The molecule has 1 aromatic rings. The Morgan fingerprint density at radius 2 is 2.44 bits per heavy atom. The number of thiophene rings is 1. The predicted octanol–water partition coefficient (Wildman–Crippen LogP) is 2.25. The number of carbonyl (C=O) groups excluding carboxylic acids is 1. The van der Waals surface area contributed by atoms with Crippen LogP contribution in [0.3, 0.4) is 0 Å². The van der Waals surface area contributed by atoms with Gasteiger partial charge < -0.3 is 10.6 Å². The molecule has 1 saturated heterocycles. The fraction of sp³-hybridized carbons (Fsp3) is 0.643. The van der Waals surface area contributed by atoms with Crippen molar-refractivity contribution >= 4 is 17.2 Å². The number of nitrogens with one attached hydrogen (secondary N) is 2. The van der Waals surface area contributed by atoms with Crippen LogP contribution in [0.4, 0.5) is 0 Å². The Balaban J connectivity index is 1.57. The fourth-order valence-electron chi connectivity index (χ4n) is 2.30. The van der Waals surface area contributed by atoms with Crippen LogP contribution in [0.5, 0.6) is 0 Å². The van der Waals surface area contributed by atoms with Gasteiger partial charge in [0.1, 0.15) is 0 Å². The summed E-state index contributed by atoms with van der Waals surface area (Å²) in [6.07, 6.45) is 5.04. The molecular weight excluding hydrogens is 244 g/mol. The van der Waals surface area contributed by atoms with E-state index in [0.29, 0.717) is 12.5 Å². The summed E-state index contributed by atoms with van der Waals surface area (Å²) in [6, 6.07) is 4.81. The maximum absolute atomic E-state index is 11.7. The molecule has 18 heavy (non-hydrogen) atoms. The first kappa shape index (κ1) is 13.6. The number of hydrogen-bond acceptors (Lipinski definition) is 3. The van der Waals surface area contributed by atoms with E-state index in [-0.39, 0.29) is 5.91 Å². The Hall–Kier alpha value is -0.870. The predicted molar refractivity (Wildman–Crippen MR) is 76.0 cm³/mol. The number of rotatable bonds is 6. The zero-order valence-electron chi connectivity index (χ0n) is 11.0. The van der Waals surface area contributed by atoms with E-state index in [1.54, 1.807) is 0 Å². The van der Waals surface area contributed by atoms with Crippen LogP contribution in [0.2, 0.25) is 0 Å². The van der Waals surface area contributed by atoms with Crippen molar-refractivity contribution in [2.45, 2.75) is 45.1 Å². The molecule has 4 heteroatoms. The van der Waals surface area contributed by atoms with Gasteiger partial charge in [-0.3, -0.25) is 4.79 Å². The topological polar surface area (TPSA) is 41.1 Å². The fourth-order valence-corrected chi connectivity index (χ4v) is 3.23. The molecular formula is C14H22N2OS. The lowest BCUT2D eigenvalue weighted by molar-refractivity contribution is -0.121. The lowest BCUT2D eigenvalue weighted by atomic mass is 10.2. The summed E-state index contributed by atoms with van der Waals surface area (Å²) in [4.78, 5) is 14.4. The van der Waals surface area contributed by atoms with Crippen molar-refractivity contribution in [2.75, 3.05) is 13.1 Å². The molecule has 1 aliphatic heterocycles. The van der Waals surface area contributed by atoms with E-state index in [0.717, 1.165) is 25.9 Å². The average molecular weight is 266 g/mol. The van der Waals surface area contributed by atoms with E-state index in [2.05, 4.69) is 29.7 Å². The molecule has 2 N–H and O–H groups in total. The molecule has 1 amide bonds. The summed E-state index contributed by atoms with van der Waals surface area (Å²) in [5, 5.41) is 6.40. The van der Waals surface area contributed by atoms with E-state index in [4.69, 9.17) is 0 Å². The molecule has 2 heterocycles. The zero-order chi connectivity index (χ0) is 12.8. The average Bonchev–Trinajstić information content (AvgIpc) is 2.98. The molecule has 3 nitrogen and oxygen atoms in total. The molecule has 1 aromatic heterocycles. The third-order valence-electron chi connectivity index (χ3n) is 3.33. The molecule has 1 aliphatic rings. The van der Waals surface area contributed by atoms with E-state index in [1.807, 2.05) is 11.3 Å². The van der Waals surface area contributed by atoms with Crippen molar-refractivity contribution in [3.8, 4) is 0 Å². The molecule has 0 aromatic carbocycles. The van der Waals surface area contributed by atoms with Crippen molar-refractivity contribution in [1.29, 1.82) is 0 Å². The normalized spacial score (nSPS) is 19.1. The van der Waals surface area contributed by atoms with Gasteiger partial charge in [-0.15, -0.1) is 11.3 Å². The van der Waals surface area contributed by atoms with E-state index >= 15 is 0 Å². The number of carbonyl (C=O) groups is 1. The second-order valence-corrected chi connectivity index (χ2v) is 6.34. The second kappa shape index (κ2) is 6.90. The molecule has 1 atom stereocenters. The smallest absolute Gasteiger partial charge is 0.220 e. The molecule has 0 bridgehead atoms. The summed E-state index contributed by atoms with van der Waals surface area (Å²) in [6.45, 7) is 4.00. The van der Waals surface area contributed by atoms with Gasteiger partial charge in [-0.25, -0.2) is 0 Å². The Bertz CT molecular complexity index is 383. The molecule has 0 saturated carbocycles. The second-order valence-electron chi connectivity index (χ2n) is 4.96. The number of aryl methyl sites for hydroxylation is 2. The van der Waals surface area contributed by atoms with Gasteiger partial charge in [0, 0.05) is 28.8 Å². The zero-order valence-corrected chi connectivity index (χ0v) is 11.8. The summed E-state index contributed by atoms with van der Waals surface area (Å²) in [5.41, 5.74) is 0. The first-order valence-corrected chi connectivity index (χ1v) is 7.61. The molecule has 0 radical (unpaired) electrons. The Morgan fingerprint density at radius 3 is 3.11 bits per heavy atom. The minimum atomic E-state index is 0.192. The van der Waals surface area contributed by atoms with Gasteiger partial charge in [-0.05, 0) is 51.3 Å². The molecule has 1 unspecified atom stereocenters. The number of hydrogen-bond donors (Lipinski definition) is 2. The summed E-state index contributed by atoms with van der Waals surface area (Å²) in [7, 11) is 0. The maximum Gasteiger partial charge on any atom is 0.220 e. The van der Waals surface area contributed by atoms with Crippen molar-refractivity contribution < 1.29 is 4.79 Å². The molecule has 1 fully saturated rings. The minimum absolute atomic E-state index is 0.192. The molecule has 0 aliphatic carbocycles. The SMILES string of the molecule is Cc1ccc(CCCC(=O)NCC2CCCN2)s1. The van der Waals surface area contributed by atoms with Crippen molar-refractivity contribution in [1.82, 2.24) is 10.6 Å². The van der Waals surface area contributed by atoms with Gasteiger partial charge in [-0.1, -0.05) is 0 Å². The minimum Gasteiger partial charge on any atom is -0.355 e. The van der Waals surface area contributed by atoms with Crippen LogP contribution in [0.25, 0.3) is 0 Å². The quantitative estimate of drug-likeness (QED) is 0.829. The van der Waals surface area contributed by atoms with Gasteiger partial charge in [0.15, 0.2) is 0 Å². The van der Waals surface area contributed by atoms with E-state index in [1.165, 1.54) is 22.6 Å². The first-order valence-electron chi connectivity index (χ1n) is 6.79. The summed E-state index contributed by atoms with van der Waals surface area (Å²) >= 11 is 1.83. The van der Waals surface area contributed by atoms with Crippen LogP contribution < -0.4 is 10.6 Å². The van der Waals surface area contributed by atoms with Crippen LogP contribution >= 0.6 is 11.3 Å². The molecule has 0 spiro atoms. The van der Waals surface area contributed by atoms with Gasteiger partial charge in [0.2, 0.25) is 5.91 Å². The van der Waals surface area contributed by atoms with Crippen molar-refractivity contribution in [3.63, 3.8) is 0 Å². The highest BCUT2D eigenvalue weighted by molar-refractivity contribution is 7.11. The standard InChI is InChI=1S/C14H22N2OS/c1-11-7-8-13(18-11)5-2-6-14(17)16-10-12-4-3-9-15-12/h7-8,12,15H,2-6,9-10H2,1H3,(H,16,17). The van der Waals surface area contributed by atoms with E-state index < -0.39 is 0 Å². The van der Waals surface area contributed by atoms with Crippen LogP contribution in [0.1, 0.15) is 35.4 Å².